The first kappa shape index (κ1) is 19.3. The Morgan fingerprint density at radius 3 is 2.61 bits per heavy atom. The number of hydrogen-bond acceptors (Lipinski definition) is 6. The summed E-state index contributed by atoms with van der Waals surface area (Å²) in [4.78, 5) is 26.5. The van der Waals surface area contributed by atoms with Gasteiger partial charge in [-0.2, -0.15) is 0 Å². The van der Waals surface area contributed by atoms with Gasteiger partial charge in [0.15, 0.2) is 5.16 Å². The molecule has 5 aromatic rings. The van der Waals surface area contributed by atoms with Crippen LogP contribution in [-0.4, -0.2) is 19.5 Å². The van der Waals surface area contributed by atoms with E-state index in [4.69, 9.17) is 9.40 Å². The highest BCUT2D eigenvalue weighted by atomic mass is 32.2. The molecule has 0 amide bonds. The van der Waals surface area contributed by atoms with Crippen LogP contribution in [0.1, 0.15) is 11.3 Å². The molecular weight excluding hydrogens is 408 g/mol. The highest BCUT2D eigenvalue weighted by Gasteiger charge is 2.14. The summed E-state index contributed by atoms with van der Waals surface area (Å²) >= 11 is 1.45. The van der Waals surface area contributed by atoms with Gasteiger partial charge in [-0.05, 0) is 35.9 Å². The van der Waals surface area contributed by atoms with Crippen LogP contribution >= 0.6 is 11.8 Å². The molecule has 0 spiro atoms. The number of oxazole rings is 1. The molecule has 0 unspecified atom stereocenters. The maximum atomic E-state index is 13.2. The second-order valence-electron chi connectivity index (χ2n) is 6.95. The van der Waals surface area contributed by atoms with Gasteiger partial charge < -0.3 is 4.42 Å². The number of hydrogen-bond donors (Lipinski definition) is 0. The summed E-state index contributed by atoms with van der Waals surface area (Å²) in [5.41, 5.74) is 2.48. The zero-order valence-corrected chi connectivity index (χ0v) is 17.3. The van der Waals surface area contributed by atoms with Crippen molar-refractivity contribution >= 4 is 22.7 Å². The lowest BCUT2D eigenvalue weighted by atomic mass is 10.2. The van der Waals surface area contributed by atoms with Crippen molar-refractivity contribution < 1.29 is 4.42 Å². The fraction of sp³-hybridized carbons (Fsp3) is 0.0833. The molecule has 6 nitrogen and oxygen atoms in total. The molecule has 31 heavy (non-hydrogen) atoms. The fourth-order valence-electron chi connectivity index (χ4n) is 3.30. The molecule has 5 rings (SSSR count). The van der Waals surface area contributed by atoms with Gasteiger partial charge in [-0.25, -0.2) is 9.97 Å². The zero-order valence-electron chi connectivity index (χ0n) is 16.5. The van der Waals surface area contributed by atoms with E-state index in [0.717, 1.165) is 16.9 Å². The molecule has 0 aliphatic heterocycles. The van der Waals surface area contributed by atoms with Crippen LogP contribution in [0.5, 0.6) is 0 Å². The Labute approximate surface area is 182 Å². The van der Waals surface area contributed by atoms with Crippen molar-refractivity contribution in [3.8, 4) is 11.5 Å². The smallest absolute Gasteiger partial charge is 0.262 e. The maximum absolute atomic E-state index is 13.2. The second kappa shape index (κ2) is 8.57. The predicted molar refractivity (Wildman–Crippen MR) is 121 cm³/mol. The Bertz CT molecular complexity index is 1380. The molecule has 3 heterocycles. The summed E-state index contributed by atoms with van der Waals surface area (Å²) in [6.45, 7) is 0.401. The molecule has 7 heteroatoms. The number of nitrogens with zero attached hydrogens (tertiary/aromatic N) is 4. The van der Waals surface area contributed by atoms with Crippen molar-refractivity contribution in [3.05, 3.63) is 107 Å². The van der Waals surface area contributed by atoms with E-state index in [1.54, 1.807) is 29.2 Å². The van der Waals surface area contributed by atoms with E-state index in [9.17, 15) is 4.79 Å². The van der Waals surface area contributed by atoms with Gasteiger partial charge >= 0.3 is 0 Å². The molecule has 2 aromatic carbocycles. The third-order valence-corrected chi connectivity index (χ3v) is 5.81. The minimum absolute atomic E-state index is 0.0699. The first-order chi connectivity index (χ1) is 15.3. The Morgan fingerprint density at radius 2 is 1.77 bits per heavy atom. The summed E-state index contributed by atoms with van der Waals surface area (Å²) < 4.78 is 7.60. The lowest BCUT2D eigenvalue weighted by molar-refractivity contribution is 0.538. The molecule has 0 bridgehead atoms. The van der Waals surface area contributed by atoms with Crippen LogP contribution < -0.4 is 5.56 Å². The van der Waals surface area contributed by atoms with Gasteiger partial charge in [-0.15, -0.1) is 0 Å². The summed E-state index contributed by atoms with van der Waals surface area (Å²) in [6, 6.07) is 21.0. The largest absolute Gasteiger partial charge is 0.440 e. The van der Waals surface area contributed by atoms with Crippen LogP contribution in [0.25, 0.3) is 22.4 Å². The highest BCUT2D eigenvalue weighted by Crippen LogP contribution is 2.25. The molecule has 152 valence electrons. The first-order valence-corrected chi connectivity index (χ1v) is 10.8. The van der Waals surface area contributed by atoms with E-state index in [2.05, 4.69) is 9.97 Å². The molecule has 0 saturated heterocycles. The third-order valence-electron chi connectivity index (χ3n) is 4.81. The minimum atomic E-state index is -0.0699. The molecule has 0 N–H and O–H groups in total. The van der Waals surface area contributed by atoms with E-state index < -0.39 is 0 Å². The van der Waals surface area contributed by atoms with Crippen LogP contribution in [0, 0.1) is 0 Å². The predicted octanol–water partition coefficient (Wildman–Crippen LogP) is 4.79. The Kier molecular flexibility index (Phi) is 5.33. The third kappa shape index (κ3) is 4.13. The van der Waals surface area contributed by atoms with Gasteiger partial charge in [-0.1, -0.05) is 48.2 Å². The summed E-state index contributed by atoms with van der Waals surface area (Å²) in [7, 11) is 0. The highest BCUT2D eigenvalue weighted by molar-refractivity contribution is 7.98. The van der Waals surface area contributed by atoms with E-state index in [0.29, 0.717) is 34.2 Å². The normalized spacial score (nSPS) is 11.1. The number of fused-ring (bicyclic) bond motifs is 1. The van der Waals surface area contributed by atoms with E-state index in [1.807, 2.05) is 60.7 Å². The van der Waals surface area contributed by atoms with Gasteiger partial charge in [0.05, 0.1) is 29.4 Å². The average Bonchev–Trinajstić information content (AvgIpc) is 3.30. The Balaban J connectivity index is 1.47. The number of rotatable bonds is 6. The van der Waals surface area contributed by atoms with Gasteiger partial charge in [0.1, 0.15) is 5.76 Å². The number of pyridine rings is 1. The fourth-order valence-corrected chi connectivity index (χ4v) is 4.17. The SMILES string of the molecule is O=c1c2ccccc2nc(SCc2cnc(-c3ccccc3)o2)n1Cc1cccnc1. The molecule has 0 fully saturated rings. The van der Waals surface area contributed by atoms with E-state index in [1.165, 1.54) is 11.8 Å². The number of benzene rings is 2. The molecule has 0 aliphatic rings. The lowest BCUT2D eigenvalue weighted by Gasteiger charge is -2.12. The van der Waals surface area contributed by atoms with Crippen molar-refractivity contribution in [2.24, 2.45) is 0 Å². The minimum Gasteiger partial charge on any atom is -0.440 e. The van der Waals surface area contributed by atoms with Crippen molar-refractivity contribution in [1.29, 1.82) is 0 Å². The Hall–Kier alpha value is -3.71. The monoisotopic (exact) mass is 426 g/mol. The van der Waals surface area contributed by atoms with Gasteiger partial charge in [-0.3, -0.25) is 14.3 Å². The maximum Gasteiger partial charge on any atom is 0.262 e. The summed E-state index contributed by atoms with van der Waals surface area (Å²) in [6.07, 6.45) is 5.20. The van der Waals surface area contributed by atoms with Crippen molar-refractivity contribution in [2.75, 3.05) is 0 Å². The van der Waals surface area contributed by atoms with Gasteiger partial charge in [0.25, 0.3) is 5.56 Å². The first-order valence-electron chi connectivity index (χ1n) is 9.79. The van der Waals surface area contributed by atoms with Crippen molar-refractivity contribution in [2.45, 2.75) is 17.5 Å². The van der Waals surface area contributed by atoms with Crippen molar-refractivity contribution in [1.82, 2.24) is 19.5 Å². The van der Waals surface area contributed by atoms with Crippen LogP contribution in [-0.2, 0) is 12.3 Å². The molecule has 0 saturated carbocycles. The lowest BCUT2D eigenvalue weighted by Crippen LogP contribution is -2.24. The van der Waals surface area contributed by atoms with Crippen LogP contribution in [0.2, 0.25) is 0 Å². The second-order valence-corrected chi connectivity index (χ2v) is 7.89. The number of para-hydroxylation sites is 1. The summed E-state index contributed by atoms with van der Waals surface area (Å²) in [5.74, 6) is 1.81. The summed E-state index contributed by atoms with van der Waals surface area (Å²) in [5, 5.41) is 1.23. The average molecular weight is 427 g/mol. The molecular formula is C24H18N4O2S. The van der Waals surface area contributed by atoms with E-state index in [-0.39, 0.29) is 5.56 Å². The van der Waals surface area contributed by atoms with Gasteiger partial charge in [0, 0.05) is 18.0 Å². The molecule has 0 atom stereocenters. The standard InChI is InChI=1S/C24H18N4O2S/c29-23-20-10-4-5-11-21(20)27-24(28(23)15-17-7-6-12-25-13-17)31-16-19-14-26-22(30-19)18-8-2-1-3-9-18/h1-14H,15-16H2. The van der Waals surface area contributed by atoms with Crippen LogP contribution in [0.4, 0.5) is 0 Å². The quantitative estimate of drug-likeness (QED) is 0.287. The van der Waals surface area contributed by atoms with Crippen LogP contribution in [0.15, 0.2) is 99.7 Å². The van der Waals surface area contributed by atoms with Gasteiger partial charge in [0.2, 0.25) is 5.89 Å². The number of thioether (sulfide) groups is 1. The topological polar surface area (TPSA) is 73.8 Å². The van der Waals surface area contributed by atoms with Crippen LogP contribution in [0.3, 0.4) is 0 Å². The van der Waals surface area contributed by atoms with Crippen molar-refractivity contribution in [3.63, 3.8) is 0 Å². The number of aromatic nitrogens is 4. The zero-order chi connectivity index (χ0) is 21.0. The molecule has 0 aliphatic carbocycles. The molecule has 0 radical (unpaired) electrons. The molecule has 3 aromatic heterocycles. The van der Waals surface area contributed by atoms with E-state index >= 15 is 0 Å². The Morgan fingerprint density at radius 1 is 0.935 bits per heavy atom.